The Morgan fingerprint density at radius 1 is 1.08 bits per heavy atom. The number of esters is 1. The lowest BCUT2D eigenvalue weighted by atomic mass is 10.1. The molecule has 10 nitrogen and oxygen atoms in total. The quantitative estimate of drug-likeness (QED) is 0.381. The Hall–Kier alpha value is -3.56. The lowest BCUT2D eigenvalue weighted by molar-refractivity contribution is -0.141. The third-order valence-electron chi connectivity index (χ3n) is 5.98. The molecule has 1 unspecified atom stereocenters. The summed E-state index contributed by atoms with van der Waals surface area (Å²) in [6.45, 7) is 6.51. The smallest absolute Gasteiger partial charge is 0.325 e. The topological polar surface area (TPSA) is 121 Å². The highest BCUT2D eigenvalue weighted by atomic mass is 16.5. The molecule has 0 aliphatic heterocycles. The van der Waals surface area contributed by atoms with Gasteiger partial charge >= 0.3 is 5.97 Å². The molecule has 0 aliphatic rings. The minimum atomic E-state index is -0.814. The first-order valence-corrected chi connectivity index (χ1v) is 12.2. The molecule has 2 atom stereocenters. The van der Waals surface area contributed by atoms with E-state index in [0.717, 1.165) is 19.3 Å². The molecule has 2 aromatic rings. The van der Waals surface area contributed by atoms with Crippen molar-refractivity contribution >= 4 is 17.8 Å². The molecule has 0 spiro atoms. The molecule has 2 amide bonds. The van der Waals surface area contributed by atoms with E-state index in [4.69, 9.17) is 9.47 Å². The van der Waals surface area contributed by atoms with Crippen LogP contribution in [-0.4, -0.2) is 61.5 Å². The number of ether oxygens (including phenoxy) is 3. The molecule has 0 radical (unpaired) electrons. The van der Waals surface area contributed by atoms with Crippen LogP contribution in [-0.2, 0) is 20.9 Å². The Kier molecular flexibility index (Phi) is 11.2. The monoisotopic (exact) mass is 502 g/mol. The third-order valence-corrected chi connectivity index (χ3v) is 5.98. The van der Waals surface area contributed by atoms with Crippen molar-refractivity contribution in [3.63, 3.8) is 0 Å². The fraction of sp³-hybridized carbons (Fsp3) is 0.538. The molecule has 0 aliphatic carbocycles. The molecule has 2 rings (SSSR count). The van der Waals surface area contributed by atoms with Crippen molar-refractivity contribution in [3.05, 3.63) is 30.0 Å². The van der Waals surface area contributed by atoms with Crippen LogP contribution in [0.4, 0.5) is 0 Å². The summed E-state index contributed by atoms with van der Waals surface area (Å²) in [7, 11) is 4.40. The summed E-state index contributed by atoms with van der Waals surface area (Å²) >= 11 is 0. The van der Waals surface area contributed by atoms with Gasteiger partial charge in [-0.25, -0.2) is 0 Å². The van der Waals surface area contributed by atoms with Crippen LogP contribution in [0.25, 0.3) is 11.3 Å². The maximum atomic E-state index is 13.3. The molecule has 2 N–H and O–H groups in total. The van der Waals surface area contributed by atoms with Crippen molar-refractivity contribution in [1.29, 1.82) is 0 Å². The molecule has 0 fully saturated rings. The van der Waals surface area contributed by atoms with Gasteiger partial charge in [-0.3, -0.25) is 19.1 Å². The van der Waals surface area contributed by atoms with Crippen LogP contribution in [0, 0.1) is 5.92 Å². The van der Waals surface area contributed by atoms with E-state index >= 15 is 0 Å². The van der Waals surface area contributed by atoms with E-state index < -0.39 is 23.8 Å². The number of amides is 2. The van der Waals surface area contributed by atoms with Crippen LogP contribution in [0.5, 0.6) is 11.5 Å². The van der Waals surface area contributed by atoms with Crippen LogP contribution in [0.2, 0.25) is 0 Å². The minimum absolute atomic E-state index is 0.170. The highest BCUT2D eigenvalue weighted by molar-refractivity contribution is 5.97. The highest BCUT2D eigenvalue weighted by Crippen LogP contribution is 2.38. The fourth-order valence-corrected chi connectivity index (χ4v) is 3.66. The lowest BCUT2D eigenvalue weighted by Gasteiger charge is -2.17. The average Bonchev–Trinajstić information content (AvgIpc) is 3.31. The molecule has 0 saturated carbocycles. The van der Waals surface area contributed by atoms with Crippen molar-refractivity contribution < 1.29 is 28.6 Å². The second kappa shape index (κ2) is 14.1. The molecule has 10 heteroatoms. The Balaban J connectivity index is 2.41. The Labute approximate surface area is 212 Å². The molecule has 0 bridgehead atoms. The molecule has 0 saturated heterocycles. The van der Waals surface area contributed by atoms with Crippen molar-refractivity contribution in [2.24, 2.45) is 5.92 Å². The molecule has 1 aromatic carbocycles. The van der Waals surface area contributed by atoms with Gasteiger partial charge in [0.05, 0.1) is 32.6 Å². The zero-order valence-corrected chi connectivity index (χ0v) is 22.1. The number of nitrogens with zero attached hydrogens (tertiary/aromatic N) is 2. The molecule has 198 valence electrons. The number of methoxy groups -OCH3 is 3. The molecular weight excluding hydrogens is 464 g/mol. The van der Waals surface area contributed by atoms with Gasteiger partial charge in [0, 0.05) is 6.54 Å². The summed E-state index contributed by atoms with van der Waals surface area (Å²) in [5, 5.41) is 9.90. The first-order chi connectivity index (χ1) is 17.3. The Morgan fingerprint density at radius 2 is 1.75 bits per heavy atom. The van der Waals surface area contributed by atoms with Gasteiger partial charge in [-0.2, -0.15) is 5.10 Å². The number of nitrogens with one attached hydrogen (secondary N) is 2. The van der Waals surface area contributed by atoms with Crippen LogP contribution in [0.1, 0.15) is 56.9 Å². The predicted molar refractivity (Wildman–Crippen MR) is 136 cm³/mol. The van der Waals surface area contributed by atoms with E-state index in [2.05, 4.69) is 34.3 Å². The maximum Gasteiger partial charge on any atom is 0.325 e. The summed E-state index contributed by atoms with van der Waals surface area (Å²) in [6, 6.07) is 6.34. The maximum absolute atomic E-state index is 13.3. The van der Waals surface area contributed by atoms with Gasteiger partial charge in [0.2, 0.25) is 5.91 Å². The van der Waals surface area contributed by atoms with Crippen molar-refractivity contribution in [2.75, 3.05) is 27.9 Å². The molecular formula is C26H38N4O6. The number of rotatable bonds is 14. The normalized spacial score (nSPS) is 12.4. The van der Waals surface area contributed by atoms with Gasteiger partial charge in [0.15, 0.2) is 5.69 Å². The number of carbonyl (C=O) groups excluding carboxylic acids is 3. The summed E-state index contributed by atoms with van der Waals surface area (Å²) in [6.07, 6.45) is 2.93. The number of carbonyl (C=O) groups is 3. The molecule has 1 aromatic heterocycles. The zero-order valence-electron chi connectivity index (χ0n) is 22.1. The van der Waals surface area contributed by atoms with E-state index in [0.29, 0.717) is 41.6 Å². The van der Waals surface area contributed by atoms with Crippen LogP contribution in [0.3, 0.4) is 0 Å². The SMILES string of the molecule is CCCC[C@H](NC(=O)c1cc(-c2c(OC)cccc2OC)n(CC(C)CC)n1)C(=O)NCC(=O)OC. The highest BCUT2D eigenvalue weighted by Gasteiger charge is 2.26. The minimum Gasteiger partial charge on any atom is -0.496 e. The van der Waals surface area contributed by atoms with E-state index in [1.807, 2.05) is 25.1 Å². The number of hydrogen-bond acceptors (Lipinski definition) is 7. The summed E-state index contributed by atoms with van der Waals surface area (Å²) in [4.78, 5) is 37.4. The second-order valence-corrected chi connectivity index (χ2v) is 8.61. The van der Waals surface area contributed by atoms with Gasteiger partial charge in [0.1, 0.15) is 24.1 Å². The molecule has 1 heterocycles. The lowest BCUT2D eigenvalue weighted by Crippen LogP contribution is -2.48. The van der Waals surface area contributed by atoms with Gasteiger partial charge < -0.3 is 24.8 Å². The number of benzene rings is 1. The van der Waals surface area contributed by atoms with Crippen molar-refractivity contribution in [2.45, 2.75) is 59.0 Å². The molecule has 36 heavy (non-hydrogen) atoms. The average molecular weight is 503 g/mol. The third kappa shape index (κ3) is 7.47. The largest absolute Gasteiger partial charge is 0.496 e. The van der Waals surface area contributed by atoms with Crippen LogP contribution in [0.15, 0.2) is 24.3 Å². The summed E-state index contributed by atoms with van der Waals surface area (Å²) < 4.78 is 17.5. The van der Waals surface area contributed by atoms with Crippen molar-refractivity contribution in [3.8, 4) is 22.8 Å². The van der Waals surface area contributed by atoms with E-state index in [9.17, 15) is 14.4 Å². The van der Waals surface area contributed by atoms with E-state index in [1.54, 1.807) is 25.0 Å². The van der Waals surface area contributed by atoms with Crippen molar-refractivity contribution in [1.82, 2.24) is 20.4 Å². The van der Waals surface area contributed by atoms with Gasteiger partial charge in [-0.15, -0.1) is 0 Å². The van der Waals surface area contributed by atoms with Crippen LogP contribution >= 0.6 is 0 Å². The number of aromatic nitrogens is 2. The fourth-order valence-electron chi connectivity index (χ4n) is 3.66. The summed E-state index contributed by atoms with van der Waals surface area (Å²) in [5.41, 5.74) is 1.54. The van der Waals surface area contributed by atoms with E-state index in [-0.39, 0.29) is 12.2 Å². The Bertz CT molecular complexity index is 1010. The second-order valence-electron chi connectivity index (χ2n) is 8.61. The standard InChI is InChI=1S/C26H38N4O6/c1-7-9-11-18(25(32)27-15-23(31)36-6)28-26(33)19-14-20(30(29-19)16-17(3)8-2)24-21(34-4)12-10-13-22(24)35-5/h10,12-14,17-18H,7-9,11,15-16H2,1-6H3,(H,27,32)(H,28,33)/t17?,18-/m0/s1. The van der Waals surface area contributed by atoms with Gasteiger partial charge in [-0.05, 0) is 30.5 Å². The number of hydrogen-bond donors (Lipinski definition) is 2. The zero-order chi connectivity index (χ0) is 26.7. The van der Waals surface area contributed by atoms with Crippen LogP contribution < -0.4 is 20.1 Å². The van der Waals surface area contributed by atoms with Gasteiger partial charge in [0.25, 0.3) is 5.91 Å². The summed E-state index contributed by atoms with van der Waals surface area (Å²) in [5.74, 6) is -0.01000. The van der Waals surface area contributed by atoms with Gasteiger partial charge in [-0.1, -0.05) is 46.1 Å². The number of unbranched alkanes of at least 4 members (excludes halogenated alkanes) is 1. The predicted octanol–water partition coefficient (Wildman–Crippen LogP) is 3.19. The first-order valence-electron chi connectivity index (χ1n) is 12.2. The Morgan fingerprint density at radius 3 is 2.31 bits per heavy atom. The first kappa shape index (κ1) is 28.7. The van der Waals surface area contributed by atoms with E-state index in [1.165, 1.54) is 7.11 Å².